The molecule has 214 valence electrons. The molecule has 5 heterocycles. The standard InChI is InChI=1S/C18H24N9O10P.CH4/c19-16-22-6-27(18(31)25-16)11-1-7(29)10(36-11)4-34-38(32,33)37-8-2-12(35-9(8)3-28)26-5-21-13-14(26)23-17(20)24-15(13)30;/h5-12,28-29H,1-4H2,(H,32,33)(H2,19,25,31)(H3,20,23,24,30);1H4/t7?,8?,9-,10-,11-,12-;/m1./s1. The van der Waals surface area contributed by atoms with Crippen LogP contribution in [0.3, 0.4) is 0 Å². The first-order chi connectivity index (χ1) is 18.0. The summed E-state index contributed by atoms with van der Waals surface area (Å²) in [6, 6.07) is 0. The summed E-state index contributed by atoms with van der Waals surface area (Å²) in [7, 11) is -4.75. The molecule has 0 saturated carbocycles. The first-order valence-corrected chi connectivity index (χ1v) is 12.7. The maximum absolute atomic E-state index is 12.7. The smallest absolute Gasteiger partial charge is 0.394 e. The van der Waals surface area contributed by atoms with Crippen LogP contribution in [-0.2, 0) is 23.1 Å². The molecular formula is C19H28N9O10P. The molecule has 0 aliphatic carbocycles. The zero-order valence-electron chi connectivity index (χ0n) is 19.4. The van der Waals surface area contributed by atoms with Crippen LogP contribution in [0.25, 0.3) is 11.2 Å². The van der Waals surface area contributed by atoms with Crippen LogP contribution in [-0.4, -0.2) is 86.8 Å². The molecule has 3 aromatic rings. The lowest BCUT2D eigenvalue weighted by molar-refractivity contribution is -0.0568. The first kappa shape index (κ1) is 28.7. The predicted molar refractivity (Wildman–Crippen MR) is 131 cm³/mol. The van der Waals surface area contributed by atoms with Gasteiger partial charge in [-0.1, -0.05) is 7.43 Å². The normalized spacial score (nSPS) is 28.4. The van der Waals surface area contributed by atoms with Gasteiger partial charge in [-0.3, -0.25) is 28.0 Å². The van der Waals surface area contributed by atoms with Crippen LogP contribution in [0.1, 0.15) is 32.7 Å². The Bertz CT molecular complexity index is 1490. The molecule has 5 rings (SSSR count). The van der Waals surface area contributed by atoms with Gasteiger partial charge >= 0.3 is 13.5 Å². The summed E-state index contributed by atoms with van der Waals surface area (Å²) in [5.74, 6) is -0.369. The van der Waals surface area contributed by atoms with Crippen molar-refractivity contribution in [3.8, 4) is 0 Å². The lowest BCUT2D eigenvalue weighted by atomic mass is 10.2. The van der Waals surface area contributed by atoms with Crippen LogP contribution >= 0.6 is 7.82 Å². The summed E-state index contributed by atoms with van der Waals surface area (Å²) in [4.78, 5) is 51.9. The summed E-state index contributed by atoms with van der Waals surface area (Å²) in [5, 5.41) is 20.0. The van der Waals surface area contributed by atoms with Crippen molar-refractivity contribution in [1.29, 1.82) is 0 Å². The van der Waals surface area contributed by atoms with Crippen LogP contribution in [0.4, 0.5) is 11.9 Å². The molecule has 0 radical (unpaired) electrons. The number of nitrogen functional groups attached to an aromatic ring is 2. The SMILES string of the molecule is C.Nc1ncn([C@H]2CC(O)[C@@H](COP(=O)(O)OC3C[C@H](n4cnc5c(=O)[nH]c(N)nc54)O[C@@H]3CO)O2)c(=O)n1. The molecule has 19 nitrogen and oxygen atoms in total. The third-order valence-corrected chi connectivity index (χ3v) is 7.06. The Kier molecular flexibility index (Phi) is 8.14. The van der Waals surface area contributed by atoms with Gasteiger partial charge in [0.1, 0.15) is 37.1 Å². The van der Waals surface area contributed by atoms with E-state index in [2.05, 4.69) is 24.9 Å². The summed E-state index contributed by atoms with van der Waals surface area (Å²) in [6.07, 6.45) is -3.86. The number of aromatic amines is 1. The molecule has 3 unspecified atom stereocenters. The topological polar surface area (TPSA) is 278 Å². The van der Waals surface area contributed by atoms with Gasteiger partial charge in [0.25, 0.3) is 5.56 Å². The van der Waals surface area contributed by atoms with Gasteiger partial charge in [0.15, 0.2) is 11.2 Å². The van der Waals surface area contributed by atoms with E-state index in [-0.39, 0.29) is 43.3 Å². The molecule has 2 fully saturated rings. The quantitative estimate of drug-likeness (QED) is 0.159. The van der Waals surface area contributed by atoms with Gasteiger partial charge in [0, 0.05) is 12.8 Å². The molecule has 0 bridgehead atoms. The fraction of sp³-hybridized carbons (Fsp3) is 0.579. The molecule has 7 atom stereocenters. The fourth-order valence-corrected chi connectivity index (χ4v) is 5.22. The van der Waals surface area contributed by atoms with Crippen molar-refractivity contribution in [2.75, 3.05) is 24.7 Å². The summed E-state index contributed by atoms with van der Waals surface area (Å²) >= 11 is 0. The summed E-state index contributed by atoms with van der Waals surface area (Å²) in [5.41, 5.74) is 9.79. The van der Waals surface area contributed by atoms with Crippen molar-refractivity contribution in [1.82, 2.24) is 34.1 Å². The van der Waals surface area contributed by atoms with Gasteiger partial charge < -0.3 is 36.0 Å². The minimum absolute atomic E-state index is 0. The van der Waals surface area contributed by atoms with Gasteiger partial charge in [-0.2, -0.15) is 9.97 Å². The third kappa shape index (κ3) is 5.85. The molecular weight excluding hydrogens is 545 g/mol. The number of anilines is 2. The summed E-state index contributed by atoms with van der Waals surface area (Å²) in [6.45, 7) is -1.12. The van der Waals surface area contributed by atoms with Crippen LogP contribution in [0, 0.1) is 0 Å². The number of aliphatic hydroxyl groups excluding tert-OH is 2. The number of hydrogen-bond donors (Lipinski definition) is 6. The van der Waals surface area contributed by atoms with Crippen molar-refractivity contribution in [3.05, 3.63) is 33.5 Å². The van der Waals surface area contributed by atoms with Gasteiger partial charge in [-0.25, -0.2) is 19.3 Å². The van der Waals surface area contributed by atoms with Gasteiger partial charge in [0.2, 0.25) is 11.9 Å². The molecule has 3 aromatic heterocycles. The lowest BCUT2D eigenvalue weighted by Gasteiger charge is -2.21. The summed E-state index contributed by atoms with van der Waals surface area (Å²) < 4.78 is 36.7. The van der Waals surface area contributed by atoms with E-state index in [4.69, 9.17) is 30.0 Å². The van der Waals surface area contributed by atoms with E-state index in [0.717, 1.165) is 10.9 Å². The number of nitrogens with two attached hydrogens (primary N) is 2. The Morgan fingerprint density at radius 3 is 2.51 bits per heavy atom. The van der Waals surface area contributed by atoms with Crippen LogP contribution in [0.5, 0.6) is 0 Å². The highest BCUT2D eigenvalue weighted by Gasteiger charge is 2.43. The second kappa shape index (κ2) is 11.1. The Morgan fingerprint density at radius 1 is 1.10 bits per heavy atom. The third-order valence-electron chi connectivity index (χ3n) is 6.05. The van der Waals surface area contributed by atoms with Gasteiger partial charge in [0.05, 0.1) is 25.6 Å². The van der Waals surface area contributed by atoms with Crippen molar-refractivity contribution in [3.63, 3.8) is 0 Å². The van der Waals surface area contributed by atoms with Gasteiger partial charge in [-0.15, -0.1) is 0 Å². The molecule has 2 aliphatic rings. The van der Waals surface area contributed by atoms with E-state index < -0.39 is 69.2 Å². The second-order valence-electron chi connectivity index (χ2n) is 8.57. The van der Waals surface area contributed by atoms with Crippen LogP contribution in [0.15, 0.2) is 22.2 Å². The number of rotatable bonds is 8. The van der Waals surface area contributed by atoms with E-state index in [0.29, 0.717) is 0 Å². The molecule has 0 aromatic carbocycles. The molecule has 8 N–H and O–H groups in total. The maximum Gasteiger partial charge on any atom is 0.472 e. The van der Waals surface area contributed by atoms with Crippen molar-refractivity contribution in [2.24, 2.45) is 0 Å². The number of aliphatic hydroxyl groups is 2. The van der Waals surface area contributed by atoms with E-state index in [1.165, 1.54) is 10.9 Å². The largest absolute Gasteiger partial charge is 0.472 e. The number of hydrogen-bond acceptors (Lipinski definition) is 15. The fourth-order valence-electron chi connectivity index (χ4n) is 4.26. The second-order valence-corrected chi connectivity index (χ2v) is 9.97. The van der Waals surface area contributed by atoms with Crippen molar-refractivity contribution in [2.45, 2.75) is 57.1 Å². The zero-order valence-corrected chi connectivity index (χ0v) is 20.3. The molecule has 2 aliphatic heterocycles. The van der Waals surface area contributed by atoms with E-state index in [9.17, 15) is 29.3 Å². The number of aromatic nitrogens is 7. The molecule has 20 heteroatoms. The number of nitrogens with zero attached hydrogens (tertiary/aromatic N) is 6. The van der Waals surface area contributed by atoms with E-state index >= 15 is 0 Å². The van der Waals surface area contributed by atoms with Crippen molar-refractivity contribution >= 4 is 30.9 Å². The number of nitrogens with one attached hydrogen (secondary N) is 1. The predicted octanol–water partition coefficient (Wildman–Crippen LogP) is -2.00. The highest BCUT2D eigenvalue weighted by Crippen LogP contribution is 2.49. The number of ether oxygens (including phenoxy) is 2. The number of imidazole rings is 1. The molecule has 2 saturated heterocycles. The molecule has 0 spiro atoms. The number of fused-ring (bicyclic) bond motifs is 1. The van der Waals surface area contributed by atoms with Crippen LogP contribution in [0.2, 0.25) is 0 Å². The average molecular weight is 573 g/mol. The first-order valence-electron chi connectivity index (χ1n) is 11.2. The van der Waals surface area contributed by atoms with Gasteiger partial charge in [-0.05, 0) is 0 Å². The number of H-pyrrole nitrogens is 1. The van der Waals surface area contributed by atoms with E-state index in [1.807, 2.05) is 0 Å². The van der Waals surface area contributed by atoms with E-state index in [1.54, 1.807) is 0 Å². The highest BCUT2D eigenvalue weighted by atomic mass is 31.2. The average Bonchev–Trinajstić information content (AvgIpc) is 3.54. The monoisotopic (exact) mass is 573 g/mol. The van der Waals surface area contributed by atoms with Crippen LogP contribution < -0.4 is 22.7 Å². The maximum atomic E-state index is 12.7. The number of phosphoric ester groups is 1. The lowest BCUT2D eigenvalue weighted by Crippen LogP contribution is -2.30. The Balaban J connectivity index is 0.00000353. The van der Waals surface area contributed by atoms with Crippen molar-refractivity contribution < 1.29 is 38.2 Å². The molecule has 39 heavy (non-hydrogen) atoms. The Morgan fingerprint density at radius 2 is 1.79 bits per heavy atom. The Hall–Kier alpha value is -3.29. The zero-order chi connectivity index (χ0) is 27.2. The molecule has 0 amide bonds. The highest BCUT2D eigenvalue weighted by molar-refractivity contribution is 7.47. The minimum atomic E-state index is -4.75. The minimum Gasteiger partial charge on any atom is -0.394 e. The Labute approximate surface area is 219 Å². The number of phosphoric acid groups is 1.